The van der Waals surface area contributed by atoms with Gasteiger partial charge in [-0.05, 0) is 43.7 Å². The number of carbonyl (C=O) groups is 1. The molecule has 0 saturated carbocycles. The lowest BCUT2D eigenvalue weighted by Gasteiger charge is -2.13. The molecular formula is C20H19NO4. The Bertz CT molecular complexity index is 979. The van der Waals surface area contributed by atoms with Gasteiger partial charge >= 0.3 is 5.97 Å². The summed E-state index contributed by atoms with van der Waals surface area (Å²) in [6, 6.07) is 10.8. The number of hydrogen-bond acceptors (Lipinski definition) is 4. The maximum atomic E-state index is 11.8. The van der Waals surface area contributed by atoms with Crippen molar-refractivity contribution in [2.45, 2.75) is 13.8 Å². The molecule has 25 heavy (non-hydrogen) atoms. The van der Waals surface area contributed by atoms with Gasteiger partial charge in [0.1, 0.15) is 11.5 Å². The summed E-state index contributed by atoms with van der Waals surface area (Å²) in [4.78, 5) is 16.5. The molecule has 3 aromatic rings. The molecule has 0 saturated heterocycles. The topological polar surface area (TPSA) is 68.7 Å². The first-order valence-electron chi connectivity index (χ1n) is 7.82. The van der Waals surface area contributed by atoms with Crippen LogP contribution in [0, 0.1) is 13.8 Å². The van der Waals surface area contributed by atoms with Crippen LogP contribution in [0.15, 0.2) is 36.4 Å². The minimum absolute atomic E-state index is 0.227. The maximum absolute atomic E-state index is 11.8. The third kappa shape index (κ3) is 3.01. The second-order valence-electron chi connectivity index (χ2n) is 5.90. The fourth-order valence-electron chi connectivity index (χ4n) is 3.01. The Balaban J connectivity index is 2.33. The van der Waals surface area contributed by atoms with E-state index in [9.17, 15) is 9.90 Å². The highest BCUT2D eigenvalue weighted by molar-refractivity contribution is 6.05. The van der Waals surface area contributed by atoms with Crippen LogP contribution in [0.5, 0.6) is 11.5 Å². The minimum atomic E-state index is -0.980. The van der Waals surface area contributed by atoms with Crippen molar-refractivity contribution in [3.05, 3.63) is 53.1 Å². The highest BCUT2D eigenvalue weighted by Crippen LogP contribution is 2.35. The van der Waals surface area contributed by atoms with Crippen LogP contribution in [0.2, 0.25) is 0 Å². The number of rotatable bonds is 4. The third-order valence-corrected chi connectivity index (χ3v) is 4.16. The molecule has 0 spiro atoms. The summed E-state index contributed by atoms with van der Waals surface area (Å²) in [6.45, 7) is 3.88. The van der Waals surface area contributed by atoms with Crippen molar-refractivity contribution in [1.29, 1.82) is 0 Å². The zero-order valence-corrected chi connectivity index (χ0v) is 14.6. The van der Waals surface area contributed by atoms with Gasteiger partial charge in [-0.1, -0.05) is 11.6 Å². The molecule has 0 bridgehead atoms. The van der Waals surface area contributed by atoms with E-state index in [4.69, 9.17) is 14.5 Å². The van der Waals surface area contributed by atoms with E-state index in [1.54, 1.807) is 32.4 Å². The Hall–Kier alpha value is -3.08. The second kappa shape index (κ2) is 6.43. The van der Waals surface area contributed by atoms with E-state index in [2.05, 4.69) is 0 Å². The van der Waals surface area contributed by atoms with E-state index >= 15 is 0 Å². The number of benzene rings is 2. The number of carboxylic acid groups (broad SMARTS) is 1. The third-order valence-electron chi connectivity index (χ3n) is 4.16. The average Bonchev–Trinajstić information content (AvgIpc) is 2.60. The Morgan fingerprint density at radius 1 is 1.04 bits per heavy atom. The van der Waals surface area contributed by atoms with Crippen molar-refractivity contribution in [3.63, 3.8) is 0 Å². The molecule has 0 atom stereocenters. The van der Waals surface area contributed by atoms with E-state index in [-0.39, 0.29) is 5.56 Å². The molecule has 0 aliphatic heterocycles. The largest absolute Gasteiger partial charge is 0.497 e. The van der Waals surface area contributed by atoms with E-state index in [0.29, 0.717) is 33.7 Å². The highest BCUT2D eigenvalue weighted by atomic mass is 16.5. The molecule has 0 amide bonds. The minimum Gasteiger partial charge on any atom is -0.497 e. The zero-order valence-electron chi connectivity index (χ0n) is 14.6. The number of fused-ring (bicyclic) bond motifs is 1. The molecule has 1 heterocycles. The lowest BCUT2D eigenvalue weighted by molar-refractivity contribution is 0.0699. The summed E-state index contributed by atoms with van der Waals surface area (Å²) < 4.78 is 10.7. The van der Waals surface area contributed by atoms with Crippen LogP contribution >= 0.6 is 0 Å². The summed E-state index contributed by atoms with van der Waals surface area (Å²) in [6.07, 6.45) is 0. The van der Waals surface area contributed by atoms with Crippen LogP contribution in [-0.4, -0.2) is 30.3 Å². The fraction of sp³-hybridized carbons (Fsp3) is 0.200. The fourth-order valence-corrected chi connectivity index (χ4v) is 3.01. The average molecular weight is 337 g/mol. The molecule has 5 nitrogen and oxygen atoms in total. The van der Waals surface area contributed by atoms with Crippen LogP contribution in [-0.2, 0) is 0 Å². The molecule has 3 rings (SSSR count). The predicted molar refractivity (Wildman–Crippen MR) is 96.7 cm³/mol. The Morgan fingerprint density at radius 3 is 2.44 bits per heavy atom. The monoisotopic (exact) mass is 337 g/mol. The number of pyridine rings is 1. The number of carboxylic acids is 1. The van der Waals surface area contributed by atoms with E-state index in [1.807, 2.05) is 32.0 Å². The molecular weight excluding hydrogens is 318 g/mol. The number of nitrogens with zero attached hydrogens (tertiary/aromatic N) is 1. The van der Waals surface area contributed by atoms with Gasteiger partial charge < -0.3 is 14.6 Å². The molecule has 5 heteroatoms. The van der Waals surface area contributed by atoms with Crippen LogP contribution in [0.3, 0.4) is 0 Å². The van der Waals surface area contributed by atoms with E-state index in [0.717, 1.165) is 11.1 Å². The first-order chi connectivity index (χ1) is 11.9. The van der Waals surface area contributed by atoms with Crippen LogP contribution in [0.4, 0.5) is 0 Å². The first kappa shape index (κ1) is 16.8. The van der Waals surface area contributed by atoms with E-state index < -0.39 is 5.97 Å². The number of ether oxygens (including phenoxy) is 2. The van der Waals surface area contributed by atoms with Crippen molar-refractivity contribution in [1.82, 2.24) is 4.98 Å². The van der Waals surface area contributed by atoms with Gasteiger partial charge in [0.25, 0.3) is 0 Å². The van der Waals surface area contributed by atoms with Gasteiger partial charge in [0.15, 0.2) is 0 Å². The predicted octanol–water partition coefficient (Wildman–Crippen LogP) is 4.23. The summed E-state index contributed by atoms with van der Waals surface area (Å²) in [5.41, 5.74) is 4.11. The quantitative estimate of drug-likeness (QED) is 0.771. The van der Waals surface area contributed by atoms with Crippen molar-refractivity contribution in [2.75, 3.05) is 14.2 Å². The summed E-state index contributed by atoms with van der Waals surface area (Å²) in [5, 5.41) is 10.3. The standard InChI is InChI=1S/C20H19NO4/c1-11-7-12(2)19-15(8-11)16(20(22)23)10-17(21-19)14-6-5-13(24-3)9-18(14)25-4/h5-10H,1-4H3,(H,22,23). The van der Waals surface area contributed by atoms with Crippen LogP contribution < -0.4 is 9.47 Å². The van der Waals surface area contributed by atoms with Gasteiger partial charge in [-0.15, -0.1) is 0 Å². The number of aromatic nitrogens is 1. The van der Waals surface area contributed by atoms with Gasteiger partial charge in [-0.2, -0.15) is 0 Å². The Morgan fingerprint density at radius 2 is 1.80 bits per heavy atom. The summed E-state index contributed by atoms with van der Waals surface area (Å²) >= 11 is 0. The number of hydrogen-bond donors (Lipinski definition) is 1. The number of methoxy groups -OCH3 is 2. The SMILES string of the molecule is COc1ccc(-c2cc(C(=O)O)c3cc(C)cc(C)c3n2)c(OC)c1. The summed E-state index contributed by atoms with van der Waals surface area (Å²) in [7, 11) is 3.14. The van der Waals surface area contributed by atoms with Crippen molar-refractivity contribution in [3.8, 4) is 22.8 Å². The van der Waals surface area contributed by atoms with Gasteiger partial charge in [0, 0.05) is 17.0 Å². The van der Waals surface area contributed by atoms with Crippen LogP contribution in [0.25, 0.3) is 22.2 Å². The van der Waals surface area contributed by atoms with Crippen molar-refractivity contribution >= 4 is 16.9 Å². The van der Waals surface area contributed by atoms with Gasteiger partial charge in [-0.3, -0.25) is 0 Å². The van der Waals surface area contributed by atoms with Gasteiger partial charge in [-0.25, -0.2) is 9.78 Å². The maximum Gasteiger partial charge on any atom is 0.336 e. The molecule has 0 unspecified atom stereocenters. The molecule has 128 valence electrons. The van der Waals surface area contributed by atoms with Gasteiger partial charge in [0.05, 0.1) is 31.0 Å². The molecule has 0 aliphatic rings. The zero-order chi connectivity index (χ0) is 18.1. The smallest absolute Gasteiger partial charge is 0.336 e. The number of aromatic carboxylic acids is 1. The number of aryl methyl sites for hydroxylation is 2. The molecule has 1 aromatic heterocycles. The van der Waals surface area contributed by atoms with Gasteiger partial charge in [0.2, 0.25) is 0 Å². The Labute approximate surface area is 145 Å². The first-order valence-corrected chi connectivity index (χ1v) is 7.82. The van der Waals surface area contributed by atoms with Crippen molar-refractivity contribution in [2.24, 2.45) is 0 Å². The molecule has 1 N–H and O–H groups in total. The lowest BCUT2D eigenvalue weighted by atomic mass is 9.99. The normalized spacial score (nSPS) is 10.7. The van der Waals surface area contributed by atoms with E-state index in [1.165, 1.54) is 0 Å². The molecule has 2 aromatic carbocycles. The molecule has 0 aliphatic carbocycles. The Kier molecular flexibility index (Phi) is 4.31. The van der Waals surface area contributed by atoms with Crippen molar-refractivity contribution < 1.29 is 19.4 Å². The highest BCUT2D eigenvalue weighted by Gasteiger charge is 2.17. The lowest BCUT2D eigenvalue weighted by Crippen LogP contribution is -2.02. The molecule has 0 radical (unpaired) electrons. The van der Waals surface area contributed by atoms with Crippen LogP contribution in [0.1, 0.15) is 21.5 Å². The molecule has 0 fully saturated rings. The summed E-state index contributed by atoms with van der Waals surface area (Å²) in [5.74, 6) is 0.255. The second-order valence-corrected chi connectivity index (χ2v) is 5.90.